The van der Waals surface area contributed by atoms with E-state index >= 15 is 0 Å². The summed E-state index contributed by atoms with van der Waals surface area (Å²) in [4.78, 5) is 11.5. The minimum absolute atomic E-state index is 0.241. The number of unbranched alkanes of at least 4 members (excludes halogenated alkanes) is 3. The second kappa shape index (κ2) is 10.5. The lowest BCUT2D eigenvalue weighted by Crippen LogP contribution is -2.11. The fourth-order valence-corrected chi connectivity index (χ4v) is 1.82. The van der Waals surface area contributed by atoms with Gasteiger partial charge in [0.15, 0.2) is 0 Å². The molecule has 0 rings (SSSR count). The molecule has 0 saturated carbocycles. The topological polar surface area (TPSA) is 37.3 Å². The number of ketones is 1. The van der Waals surface area contributed by atoms with E-state index in [2.05, 4.69) is 13.5 Å². The summed E-state index contributed by atoms with van der Waals surface area (Å²) in [5, 5.41) is 9.72. The molecule has 2 heteroatoms. The highest BCUT2D eigenvalue weighted by molar-refractivity contribution is 5.78. The van der Waals surface area contributed by atoms with Crippen LogP contribution >= 0.6 is 0 Å². The Morgan fingerprint density at radius 2 is 2.00 bits per heavy atom. The van der Waals surface area contributed by atoms with Gasteiger partial charge in [0.1, 0.15) is 5.78 Å². The Kier molecular flexibility index (Phi) is 10.1. The maximum atomic E-state index is 11.5. The fourth-order valence-electron chi connectivity index (χ4n) is 1.82. The van der Waals surface area contributed by atoms with Gasteiger partial charge in [-0.2, -0.15) is 0 Å². The average molecular weight is 240 g/mol. The molecule has 100 valence electrons. The van der Waals surface area contributed by atoms with Crippen LogP contribution in [0.2, 0.25) is 0 Å². The first-order chi connectivity index (χ1) is 8.10. The van der Waals surface area contributed by atoms with Gasteiger partial charge >= 0.3 is 0 Å². The Morgan fingerprint density at radius 3 is 2.59 bits per heavy atom. The van der Waals surface area contributed by atoms with Crippen LogP contribution in [0.15, 0.2) is 12.7 Å². The number of carbonyl (C=O) groups excluding carboxylic acids is 1. The van der Waals surface area contributed by atoms with E-state index < -0.39 is 0 Å². The predicted octanol–water partition coefficient (Wildman–Crippen LogP) is 3.88. The Bertz CT molecular complexity index is 211. The SMILES string of the molecule is C=CC(C)CC(=O)CCC(O)CCCCCC. The Hall–Kier alpha value is -0.630. The summed E-state index contributed by atoms with van der Waals surface area (Å²) < 4.78 is 0. The lowest BCUT2D eigenvalue weighted by atomic mass is 9.99. The first-order valence-corrected chi connectivity index (χ1v) is 6.92. The van der Waals surface area contributed by atoms with Crippen molar-refractivity contribution < 1.29 is 9.90 Å². The highest BCUT2D eigenvalue weighted by Crippen LogP contribution is 2.12. The van der Waals surface area contributed by atoms with E-state index in [1.165, 1.54) is 19.3 Å². The highest BCUT2D eigenvalue weighted by atomic mass is 16.3. The van der Waals surface area contributed by atoms with Crippen LogP contribution in [0.1, 0.15) is 65.2 Å². The Labute approximate surface area is 106 Å². The zero-order valence-electron chi connectivity index (χ0n) is 11.5. The van der Waals surface area contributed by atoms with E-state index in [1.54, 1.807) is 6.08 Å². The molecule has 0 aromatic rings. The molecule has 0 radical (unpaired) electrons. The zero-order chi connectivity index (χ0) is 13.1. The Balaban J connectivity index is 3.51. The molecular weight excluding hydrogens is 212 g/mol. The molecule has 1 N–H and O–H groups in total. The number of aliphatic hydroxyl groups excluding tert-OH is 1. The number of hydrogen-bond donors (Lipinski definition) is 1. The van der Waals surface area contributed by atoms with Crippen LogP contribution in [-0.4, -0.2) is 17.0 Å². The smallest absolute Gasteiger partial charge is 0.133 e. The molecule has 2 unspecified atom stereocenters. The van der Waals surface area contributed by atoms with Gasteiger partial charge in [-0.15, -0.1) is 6.58 Å². The minimum atomic E-state index is -0.296. The van der Waals surface area contributed by atoms with Gasteiger partial charge in [0.05, 0.1) is 6.10 Å². The average Bonchev–Trinajstić information content (AvgIpc) is 2.32. The zero-order valence-corrected chi connectivity index (χ0v) is 11.5. The van der Waals surface area contributed by atoms with Crippen molar-refractivity contribution in [1.82, 2.24) is 0 Å². The van der Waals surface area contributed by atoms with Crippen molar-refractivity contribution in [3.63, 3.8) is 0 Å². The van der Waals surface area contributed by atoms with E-state index in [0.717, 1.165) is 12.8 Å². The van der Waals surface area contributed by atoms with Crippen LogP contribution in [-0.2, 0) is 4.79 Å². The van der Waals surface area contributed by atoms with Gasteiger partial charge < -0.3 is 5.11 Å². The number of allylic oxidation sites excluding steroid dienone is 1. The van der Waals surface area contributed by atoms with Gasteiger partial charge in [-0.1, -0.05) is 45.6 Å². The van der Waals surface area contributed by atoms with Crippen LogP contribution in [0, 0.1) is 5.92 Å². The van der Waals surface area contributed by atoms with Crippen molar-refractivity contribution in [2.45, 2.75) is 71.3 Å². The van der Waals surface area contributed by atoms with Gasteiger partial charge in [-0.05, 0) is 18.8 Å². The molecule has 0 fully saturated rings. The lowest BCUT2D eigenvalue weighted by molar-refractivity contribution is -0.120. The lowest BCUT2D eigenvalue weighted by Gasteiger charge is -2.10. The van der Waals surface area contributed by atoms with Crippen LogP contribution in [0.4, 0.5) is 0 Å². The van der Waals surface area contributed by atoms with Crippen LogP contribution in [0.3, 0.4) is 0 Å². The van der Waals surface area contributed by atoms with E-state index in [0.29, 0.717) is 19.3 Å². The minimum Gasteiger partial charge on any atom is -0.393 e. The molecule has 0 aromatic carbocycles. The summed E-state index contributed by atoms with van der Waals surface area (Å²) in [6, 6.07) is 0. The molecule has 0 spiro atoms. The van der Waals surface area contributed by atoms with Gasteiger partial charge in [0.25, 0.3) is 0 Å². The monoisotopic (exact) mass is 240 g/mol. The molecule has 17 heavy (non-hydrogen) atoms. The summed E-state index contributed by atoms with van der Waals surface area (Å²) in [6.45, 7) is 7.83. The quantitative estimate of drug-likeness (QED) is 0.439. The molecular formula is C15H28O2. The normalized spacial score (nSPS) is 14.3. The van der Waals surface area contributed by atoms with Crippen molar-refractivity contribution in [3.8, 4) is 0 Å². The molecule has 2 atom stereocenters. The third-order valence-electron chi connectivity index (χ3n) is 3.10. The third-order valence-corrected chi connectivity index (χ3v) is 3.10. The summed E-state index contributed by atoms with van der Waals surface area (Å²) in [5.74, 6) is 0.495. The number of carbonyl (C=O) groups is 1. The number of Topliss-reactive ketones (excluding diaryl/α,β-unsaturated/α-hetero) is 1. The molecule has 0 saturated heterocycles. The molecule has 0 aromatic heterocycles. The van der Waals surface area contributed by atoms with Crippen molar-refractivity contribution in [3.05, 3.63) is 12.7 Å². The molecule has 0 aliphatic carbocycles. The van der Waals surface area contributed by atoms with E-state index in [-0.39, 0.29) is 17.8 Å². The fraction of sp³-hybridized carbons (Fsp3) is 0.800. The van der Waals surface area contributed by atoms with Gasteiger partial charge in [-0.3, -0.25) is 4.79 Å². The molecule has 0 aliphatic heterocycles. The van der Waals surface area contributed by atoms with Crippen molar-refractivity contribution in [2.75, 3.05) is 0 Å². The van der Waals surface area contributed by atoms with E-state index in [1.807, 2.05) is 6.92 Å². The van der Waals surface area contributed by atoms with Crippen molar-refractivity contribution in [1.29, 1.82) is 0 Å². The van der Waals surface area contributed by atoms with Crippen LogP contribution in [0.25, 0.3) is 0 Å². The second-order valence-corrected chi connectivity index (χ2v) is 5.00. The summed E-state index contributed by atoms with van der Waals surface area (Å²) in [6.07, 6.45) is 8.75. The number of rotatable bonds is 11. The summed E-state index contributed by atoms with van der Waals surface area (Å²) in [5.41, 5.74) is 0. The molecule has 0 bridgehead atoms. The van der Waals surface area contributed by atoms with Crippen molar-refractivity contribution in [2.24, 2.45) is 5.92 Å². The van der Waals surface area contributed by atoms with Gasteiger partial charge in [0.2, 0.25) is 0 Å². The maximum Gasteiger partial charge on any atom is 0.133 e. The largest absolute Gasteiger partial charge is 0.393 e. The third kappa shape index (κ3) is 10.3. The van der Waals surface area contributed by atoms with Crippen molar-refractivity contribution >= 4 is 5.78 Å². The first-order valence-electron chi connectivity index (χ1n) is 6.92. The van der Waals surface area contributed by atoms with E-state index in [4.69, 9.17) is 0 Å². The van der Waals surface area contributed by atoms with Gasteiger partial charge in [-0.25, -0.2) is 0 Å². The van der Waals surface area contributed by atoms with Crippen LogP contribution < -0.4 is 0 Å². The van der Waals surface area contributed by atoms with Crippen LogP contribution in [0.5, 0.6) is 0 Å². The molecule has 2 nitrogen and oxygen atoms in total. The maximum absolute atomic E-state index is 11.5. The molecule has 0 aliphatic rings. The number of hydrogen-bond acceptors (Lipinski definition) is 2. The highest BCUT2D eigenvalue weighted by Gasteiger charge is 2.10. The summed E-state index contributed by atoms with van der Waals surface area (Å²) >= 11 is 0. The summed E-state index contributed by atoms with van der Waals surface area (Å²) in [7, 11) is 0. The predicted molar refractivity (Wildman–Crippen MR) is 73.0 cm³/mol. The standard InChI is InChI=1S/C15H28O2/c1-4-6-7-8-9-14(16)10-11-15(17)12-13(3)5-2/h5,13-14,16H,2,4,6-12H2,1,3H3. The van der Waals surface area contributed by atoms with Gasteiger partial charge in [0, 0.05) is 12.8 Å². The Morgan fingerprint density at radius 1 is 1.29 bits per heavy atom. The molecule has 0 amide bonds. The number of aliphatic hydroxyl groups is 1. The molecule has 0 heterocycles. The second-order valence-electron chi connectivity index (χ2n) is 5.00. The first kappa shape index (κ1) is 16.4. The van der Waals surface area contributed by atoms with E-state index in [9.17, 15) is 9.90 Å².